The lowest BCUT2D eigenvalue weighted by atomic mass is 9.99. The maximum atomic E-state index is 12.0. The number of rotatable bonds is 6. The Morgan fingerprint density at radius 1 is 1.16 bits per heavy atom. The van der Waals surface area contributed by atoms with Crippen LogP contribution in [0.25, 0.3) is 10.9 Å². The van der Waals surface area contributed by atoms with Crippen LogP contribution in [-0.2, 0) is 17.7 Å². The van der Waals surface area contributed by atoms with Crippen molar-refractivity contribution >= 4 is 28.5 Å². The number of hydrogen-bond donors (Lipinski definition) is 0. The third-order valence-electron chi connectivity index (χ3n) is 4.46. The number of carbonyl (C=O) groups excluding carboxylic acids is 1. The highest BCUT2D eigenvalue weighted by Gasteiger charge is 2.13. The highest BCUT2D eigenvalue weighted by molar-refractivity contribution is 6.31. The molecule has 1 heterocycles. The van der Waals surface area contributed by atoms with Crippen LogP contribution in [0.4, 0.5) is 0 Å². The number of benzene rings is 2. The Balaban J connectivity index is 1.90. The van der Waals surface area contributed by atoms with Crippen LogP contribution in [0.1, 0.15) is 41.3 Å². The molecule has 0 spiro atoms. The molecule has 0 fully saturated rings. The SMILES string of the molecule is CCCCn1ccc2cc(Cc3ccc(Cl)cc3C(=O)OC)ccc21. The summed E-state index contributed by atoms with van der Waals surface area (Å²) in [5.74, 6) is -0.357. The zero-order valence-electron chi connectivity index (χ0n) is 14.6. The molecule has 0 atom stereocenters. The Hall–Kier alpha value is -2.26. The summed E-state index contributed by atoms with van der Waals surface area (Å²) in [6, 6.07) is 14.0. The number of fused-ring (bicyclic) bond motifs is 1. The molecule has 4 heteroatoms. The van der Waals surface area contributed by atoms with Crippen LogP contribution in [0.15, 0.2) is 48.7 Å². The van der Waals surface area contributed by atoms with Crippen molar-refractivity contribution in [3.05, 3.63) is 70.4 Å². The number of halogens is 1. The smallest absolute Gasteiger partial charge is 0.338 e. The summed E-state index contributed by atoms with van der Waals surface area (Å²) in [5, 5.41) is 1.76. The third kappa shape index (κ3) is 3.88. The second-order valence-electron chi connectivity index (χ2n) is 6.23. The largest absolute Gasteiger partial charge is 0.465 e. The van der Waals surface area contributed by atoms with Crippen LogP contribution >= 0.6 is 11.6 Å². The van der Waals surface area contributed by atoms with E-state index in [1.807, 2.05) is 12.1 Å². The number of aromatic nitrogens is 1. The molecular formula is C21H22ClNO2. The van der Waals surface area contributed by atoms with Crippen LogP contribution < -0.4 is 0 Å². The van der Waals surface area contributed by atoms with Crippen molar-refractivity contribution in [3.8, 4) is 0 Å². The number of nitrogens with zero attached hydrogens (tertiary/aromatic N) is 1. The van der Waals surface area contributed by atoms with Gasteiger partial charge < -0.3 is 9.30 Å². The number of methoxy groups -OCH3 is 1. The average Bonchev–Trinajstić information content (AvgIpc) is 3.03. The Bertz CT molecular complexity index is 898. The molecule has 0 bridgehead atoms. The molecule has 0 amide bonds. The molecule has 0 aliphatic heterocycles. The van der Waals surface area contributed by atoms with Gasteiger partial charge in [0, 0.05) is 23.3 Å². The van der Waals surface area contributed by atoms with Crippen molar-refractivity contribution in [2.24, 2.45) is 0 Å². The van der Waals surface area contributed by atoms with Gasteiger partial charge in [-0.3, -0.25) is 0 Å². The summed E-state index contributed by atoms with van der Waals surface area (Å²) in [7, 11) is 1.39. The van der Waals surface area contributed by atoms with Gasteiger partial charge in [0.25, 0.3) is 0 Å². The molecule has 1 aromatic heterocycles. The van der Waals surface area contributed by atoms with Gasteiger partial charge in [-0.1, -0.05) is 37.1 Å². The zero-order chi connectivity index (χ0) is 17.8. The van der Waals surface area contributed by atoms with Gasteiger partial charge in [0.15, 0.2) is 0 Å². The number of carbonyl (C=O) groups is 1. The number of aryl methyl sites for hydroxylation is 1. The van der Waals surface area contributed by atoms with Gasteiger partial charge in [0.2, 0.25) is 0 Å². The summed E-state index contributed by atoms with van der Waals surface area (Å²) in [6.45, 7) is 3.25. The normalized spacial score (nSPS) is 11.0. The van der Waals surface area contributed by atoms with E-state index < -0.39 is 0 Å². The van der Waals surface area contributed by atoms with Gasteiger partial charge in [0.1, 0.15) is 0 Å². The fourth-order valence-corrected chi connectivity index (χ4v) is 3.28. The second kappa shape index (κ2) is 7.75. The fraction of sp³-hybridized carbons (Fsp3) is 0.286. The Morgan fingerprint density at radius 3 is 2.76 bits per heavy atom. The molecule has 3 aromatic rings. The molecule has 0 aliphatic carbocycles. The molecule has 0 aliphatic rings. The summed E-state index contributed by atoms with van der Waals surface area (Å²) >= 11 is 6.03. The lowest BCUT2D eigenvalue weighted by molar-refractivity contribution is 0.0599. The van der Waals surface area contributed by atoms with Crippen LogP contribution in [0.3, 0.4) is 0 Å². The van der Waals surface area contributed by atoms with Crippen molar-refractivity contribution in [2.75, 3.05) is 7.11 Å². The zero-order valence-corrected chi connectivity index (χ0v) is 15.3. The van der Waals surface area contributed by atoms with E-state index in [1.165, 1.54) is 30.9 Å². The summed E-state index contributed by atoms with van der Waals surface area (Å²) < 4.78 is 7.18. The maximum Gasteiger partial charge on any atom is 0.338 e. The molecule has 0 radical (unpaired) electrons. The first-order valence-corrected chi connectivity index (χ1v) is 8.94. The van der Waals surface area contributed by atoms with Crippen LogP contribution in [0, 0.1) is 0 Å². The minimum Gasteiger partial charge on any atom is -0.465 e. The van der Waals surface area contributed by atoms with Gasteiger partial charge in [0.05, 0.1) is 12.7 Å². The molecule has 3 rings (SSSR count). The minimum atomic E-state index is -0.357. The number of ether oxygens (including phenoxy) is 1. The van der Waals surface area contributed by atoms with E-state index in [4.69, 9.17) is 16.3 Å². The summed E-state index contributed by atoms with van der Waals surface area (Å²) in [4.78, 5) is 12.0. The molecule has 0 saturated heterocycles. The van der Waals surface area contributed by atoms with E-state index in [2.05, 4.69) is 42.0 Å². The first-order valence-electron chi connectivity index (χ1n) is 8.57. The standard InChI is InChI=1S/C21H22ClNO2/c1-3-4-10-23-11-9-17-13-15(5-8-20(17)23)12-16-6-7-18(22)14-19(16)21(24)25-2/h5-9,11,13-14H,3-4,10,12H2,1-2H3. The quantitative estimate of drug-likeness (QED) is 0.549. The average molecular weight is 356 g/mol. The van der Waals surface area contributed by atoms with E-state index >= 15 is 0 Å². The summed E-state index contributed by atoms with van der Waals surface area (Å²) in [6.07, 6.45) is 5.17. The van der Waals surface area contributed by atoms with Gasteiger partial charge in [-0.05, 0) is 59.7 Å². The van der Waals surface area contributed by atoms with E-state index in [9.17, 15) is 4.79 Å². The Kier molecular flexibility index (Phi) is 5.44. The van der Waals surface area contributed by atoms with Crippen molar-refractivity contribution in [2.45, 2.75) is 32.7 Å². The van der Waals surface area contributed by atoms with Gasteiger partial charge in [-0.25, -0.2) is 4.79 Å². The highest BCUT2D eigenvalue weighted by Crippen LogP contribution is 2.23. The molecule has 130 valence electrons. The van der Waals surface area contributed by atoms with Crippen molar-refractivity contribution in [1.82, 2.24) is 4.57 Å². The third-order valence-corrected chi connectivity index (χ3v) is 4.69. The minimum absolute atomic E-state index is 0.357. The number of hydrogen-bond acceptors (Lipinski definition) is 2. The Labute approximate surface area is 153 Å². The van der Waals surface area contributed by atoms with Crippen molar-refractivity contribution < 1.29 is 9.53 Å². The Morgan fingerprint density at radius 2 is 2.00 bits per heavy atom. The first kappa shape index (κ1) is 17.6. The molecule has 25 heavy (non-hydrogen) atoms. The predicted octanol–water partition coefficient (Wildman–Crippen LogP) is 5.47. The molecule has 0 saturated carbocycles. The molecule has 0 unspecified atom stereocenters. The van der Waals surface area contributed by atoms with Crippen LogP contribution in [0.2, 0.25) is 5.02 Å². The van der Waals surface area contributed by atoms with Gasteiger partial charge in [-0.2, -0.15) is 0 Å². The van der Waals surface area contributed by atoms with E-state index in [-0.39, 0.29) is 5.97 Å². The van der Waals surface area contributed by atoms with E-state index in [0.29, 0.717) is 17.0 Å². The number of esters is 1. The second-order valence-corrected chi connectivity index (χ2v) is 6.66. The molecular weight excluding hydrogens is 334 g/mol. The van der Waals surface area contributed by atoms with Crippen LogP contribution in [-0.4, -0.2) is 17.6 Å². The van der Waals surface area contributed by atoms with Gasteiger partial charge in [-0.15, -0.1) is 0 Å². The highest BCUT2D eigenvalue weighted by atomic mass is 35.5. The van der Waals surface area contributed by atoms with Gasteiger partial charge >= 0.3 is 5.97 Å². The fourth-order valence-electron chi connectivity index (χ4n) is 3.11. The molecule has 0 N–H and O–H groups in total. The summed E-state index contributed by atoms with van der Waals surface area (Å²) in [5.41, 5.74) is 3.85. The van der Waals surface area contributed by atoms with Crippen LogP contribution in [0.5, 0.6) is 0 Å². The lowest BCUT2D eigenvalue weighted by Crippen LogP contribution is -2.06. The topological polar surface area (TPSA) is 31.2 Å². The predicted molar refractivity (Wildman–Crippen MR) is 102 cm³/mol. The van der Waals surface area contributed by atoms with E-state index in [1.54, 1.807) is 6.07 Å². The monoisotopic (exact) mass is 355 g/mol. The maximum absolute atomic E-state index is 12.0. The number of unbranched alkanes of at least 4 members (excludes halogenated alkanes) is 1. The van der Waals surface area contributed by atoms with Crippen molar-refractivity contribution in [1.29, 1.82) is 0 Å². The molecule has 2 aromatic carbocycles. The molecule has 3 nitrogen and oxygen atoms in total. The lowest BCUT2D eigenvalue weighted by Gasteiger charge is -2.10. The first-order chi connectivity index (χ1) is 12.1. The van der Waals surface area contributed by atoms with Crippen molar-refractivity contribution in [3.63, 3.8) is 0 Å². The van der Waals surface area contributed by atoms with E-state index in [0.717, 1.165) is 17.7 Å².